The molecule has 2 atom stereocenters. The number of anilines is 1. The molecule has 1 aromatic heterocycles. The van der Waals surface area contributed by atoms with Crippen molar-refractivity contribution < 1.29 is 9.53 Å². The largest absolute Gasteiger partial charge is 0.458 e. The van der Waals surface area contributed by atoms with Gasteiger partial charge >= 0.3 is 5.97 Å². The van der Waals surface area contributed by atoms with Gasteiger partial charge in [0.15, 0.2) is 0 Å². The molecule has 0 saturated heterocycles. The second-order valence-electron chi connectivity index (χ2n) is 4.68. The van der Waals surface area contributed by atoms with Crippen LogP contribution in [0.2, 0.25) is 0 Å². The standard InChI is InChI=1S/C13H18N2O2/c1-9-4-2-3-5-11(9)17-13(16)10-6-7-12(14)15-8-10/h6-9,11H,2-5H2,1H3,(H2,14,15). The van der Waals surface area contributed by atoms with Crippen LogP contribution in [-0.4, -0.2) is 17.1 Å². The number of rotatable bonds is 2. The Morgan fingerprint density at radius 2 is 2.18 bits per heavy atom. The third kappa shape index (κ3) is 2.96. The van der Waals surface area contributed by atoms with Crippen LogP contribution in [0.1, 0.15) is 43.0 Å². The van der Waals surface area contributed by atoms with Gasteiger partial charge < -0.3 is 10.5 Å². The third-order valence-corrected chi connectivity index (χ3v) is 3.31. The van der Waals surface area contributed by atoms with Crippen molar-refractivity contribution in [2.45, 2.75) is 38.7 Å². The van der Waals surface area contributed by atoms with Crippen molar-refractivity contribution in [3.8, 4) is 0 Å². The molecular weight excluding hydrogens is 216 g/mol. The van der Waals surface area contributed by atoms with Crippen LogP contribution in [0, 0.1) is 5.92 Å². The highest BCUT2D eigenvalue weighted by atomic mass is 16.5. The molecule has 2 rings (SSSR count). The highest BCUT2D eigenvalue weighted by Gasteiger charge is 2.25. The van der Waals surface area contributed by atoms with Crippen LogP contribution >= 0.6 is 0 Å². The zero-order chi connectivity index (χ0) is 12.3. The van der Waals surface area contributed by atoms with E-state index in [0.29, 0.717) is 17.3 Å². The van der Waals surface area contributed by atoms with Gasteiger partial charge in [-0.3, -0.25) is 0 Å². The summed E-state index contributed by atoms with van der Waals surface area (Å²) in [4.78, 5) is 15.8. The average molecular weight is 234 g/mol. The lowest BCUT2D eigenvalue weighted by Crippen LogP contribution is -2.28. The molecule has 0 bridgehead atoms. The minimum Gasteiger partial charge on any atom is -0.458 e. The Hall–Kier alpha value is -1.58. The lowest BCUT2D eigenvalue weighted by Gasteiger charge is -2.28. The molecule has 17 heavy (non-hydrogen) atoms. The Labute approximate surface area is 101 Å². The van der Waals surface area contributed by atoms with Crippen LogP contribution in [0.25, 0.3) is 0 Å². The maximum atomic E-state index is 11.9. The molecular formula is C13H18N2O2. The van der Waals surface area contributed by atoms with Crippen molar-refractivity contribution in [1.29, 1.82) is 0 Å². The first-order valence-corrected chi connectivity index (χ1v) is 6.09. The lowest BCUT2D eigenvalue weighted by atomic mass is 9.88. The van der Waals surface area contributed by atoms with E-state index >= 15 is 0 Å². The van der Waals surface area contributed by atoms with E-state index in [9.17, 15) is 4.79 Å². The first-order valence-electron chi connectivity index (χ1n) is 6.09. The Morgan fingerprint density at radius 1 is 1.41 bits per heavy atom. The normalized spacial score (nSPS) is 24.3. The number of esters is 1. The summed E-state index contributed by atoms with van der Waals surface area (Å²) in [6.07, 6.45) is 5.99. The predicted molar refractivity (Wildman–Crippen MR) is 65.5 cm³/mol. The predicted octanol–water partition coefficient (Wildman–Crippen LogP) is 2.40. The highest BCUT2D eigenvalue weighted by molar-refractivity contribution is 5.89. The van der Waals surface area contributed by atoms with Gasteiger partial charge in [0.1, 0.15) is 11.9 Å². The van der Waals surface area contributed by atoms with Gasteiger partial charge in [0.05, 0.1) is 5.56 Å². The summed E-state index contributed by atoms with van der Waals surface area (Å²) in [6.45, 7) is 2.14. The number of aromatic nitrogens is 1. The van der Waals surface area contributed by atoms with E-state index in [2.05, 4.69) is 11.9 Å². The van der Waals surface area contributed by atoms with Gasteiger partial charge in [0, 0.05) is 6.20 Å². The van der Waals surface area contributed by atoms with Gasteiger partial charge in [-0.25, -0.2) is 9.78 Å². The van der Waals surface area contributed by atoms with Crippen molar-refractivity contribution in [2.75, 3.05) is 5.73 Å². The molecule has 1 saturated carbocycles. The van der Waals surface area contributed by atoms with E-state index in [4.69, 9.17) is 10.5 Å². The summed E-state index contributed by atoms with van der Waals surface area (Å²) >= 11 is 0. The van der Waals surface area contributed by atoms with Crippen LogP contribution in [0.3, 0.4) is 0 Å². The van der Waals surface area contributed by atoms with Crippen molar-refractivity contribution in [3.63, 3.8) is 0 Å². The summed E-state index contributed by atoms with van der Waals surface area (Å²) in [5.41, 5.74) is 5.94. The molecule has 4 heteroatoms. The van der Waals surface area contributed by atoms with Crippen LogP contribution in [-0.2, 0) is 4.74 Å². The fraction of sp³-hybridized carbons (Fsp3) is 0.538. The van der Waals surface area contributed by atoms with E-state index in [0.717, 1.165) is 19.3 Å². The van der Waals surface area contributed by atoms with E-state index < -0.39 is 0 Å². The Morgan fingerprint density at radius 3 is 2.82 bits per heavy atom. The highest BCUT2D eigenvalue weighted by Crippen LogP contribution is 2.26. The first-order chi connectivity index (χ1) is 8.16. The lowest BCUT2D eigenvalue weighted by molar-refractivity contribution is 0.00478. The second-order valence-corrected chi connectivity index (χ2v) is 4.68. The van der Waals surface area contributed by atoms with Gasteiger partial charge in [-0.1, -0.05) is 13.3 Å². The van der Waals surface area contributed by atoms with Crippen molar-refractivity contribution in [2.24, 2.45) is 5.92 Å². The van der Waals surface area contributed by atoms with Gasteiger partial charge in [-0.15, -0.1) is 0 Å². The molecule has 1 aliphatic rings. The van der Waals surface area contributed by atoms with Crippen molar-refractivity contribution >= 4 is 11.8 Å². The number of hydrogen-bond acceptors (Lipinski definition) is 4. The topological polar surface area (TPSA) is 65.2 Å². The summed E-state index contributed by atoms with van der Waals surface area (Å²) in [5, 5.41) is 0. The van der Waals surface area contributed by atoms with E-state index in [1.807, 2.05) is 0 Å². The van der Waals surface area contributed by atoms with E-state index in [1.165, 1.54) is 12.6 Å². The molecule has 0 radical (unpaired) electrons. The van der Waals surface area contributed by atoms with Crippen LogP contribution in [0.5, 0.6) is 0 Å². The van der Waals surface area contributed by atoms with Gasteiger partial charge in [0.25, 0.3) is 0 Å². The number of nitrogen functional groups attached to an aromatic ring is 1. The third-order valence-electron chi connectivity index (χ3n) is 3.31. The Bertz CT molecular complexity index is 389. The van der Waals surface area contributed by atoms with Crippen LogP contribution in [0.15, 0.2) is 18.3 Å². The molecule has 4 nitrogen and oxygen atoms in total. The van der Waals surface area contributed by atoms with Gasteiger partial charge in [-0.2, -0.15) is 0 Å². The SMILES string of the molecule is CC1CCCCC1OC(=O)c1ccc(N)nc1. The molecule has 2 unspecified atom stereocenters. The Kier molecular flexibility index (Phi) is 3.61. The van der Waals surface area contributed by atoms with E-state index in [1.54, 1.807) is 12.1 Å². The molecule has 1 aromatic rings. The summed E-state index contributed by atoms with van der Waals surface area (Å²) in [6, 6.07) is 3.26. The fourth-order valence-electron chi connectivity index (χ4n) is 2.19. The number of nitrogens with zero attached hydrogens (tertiary/aromatic N) is 1. The monoisotopic (exact) mass is 234 g/mol. The van der Waals surface area contributed by atoms with Gasteiger partial charge in [0.2, 0.25) is 0 Å². The second kappa shape index (κ2) is 5.17. The van der Waals surface area contributed by atoms with Crippen molar-refractivity contribution in [1.82, 2.24) is 4.98 Å². The van der Waals surface area contributed by atoms with Gasteiger partial charge in [-0.05, 0) is 37.3 Å². The molecule has 0 aliphatic heterocycles. The fourth-order valence-corrected chi connectivity index (χ4v) is 2.19. The number of ether oxygens (including phenoxy) is 1. The Balaban J connectivity index is 1.98. The average Bonchev–Trinajstić information content (AvgIpc) is 2.33. The smallest absolute Gasteiger partial charge is 0.339 e. The molecule has 0 aromatic carbocycles. The maximum absolute atomic E-state index is 11.9. The van der Waals surface area contributed by atoms with Crippen LogP contribution in [0.4, 0.5) is 5.82 Å². The molecule has 1 fully saturated rings. The molecule has 2 N–H and O–H groups in total. The molecule has 92 valence electrons. The van der Waals surface area contributed by atoms with Crippen molar-refractivity contribution in [3.05, 3.63) is 23.9 Å². The quantitative estimate of drug-likeness (QED) is 0.798. The summed E-state index contributed by atoms with van der Waals surface area (Å²) in [5.74, 6) is 0.568. The molecule has 1 heterocycles. The number of carbonyl (C=O) groups is 1. The molecule has 0 spiro atoms. The molecule has 1 aliphatic carbocycles. The van der Waals surface area contributed by atoms with E-state index in [-0.39, 0.29) is 12.1 Å². The number of nitrogens with two attached hydrogens (primary N) is 1. The minimum absolute atomic E-state index is 0.0498. The zero-order valence-electron chi connectivity index (χ0n) is 10.1. The number of hydrogen-bond donors (Lipinski definition) is 1. The maximum Gasteiger partial charge on any atom is 0.339 e. The first kappa shape index (κ1) is 11.9. The summed E-state index contributed by atoms with van der Waals surface area (Å²) < 4.78 is 5.51. The number of pyridine rings is 1. The summed E-state index contributed by atoms with van der Waals surface area (Å²) in [7, 11) is 0. The molecule has 0 amide bonds. The minimum atomic E-state index is -0.295. The number of carbonyl (C=O) groups excluding carboxylic acids is 1. The van der Waals surface area contributed by atoms with Crippen LogP contribution < -0.4 is 5.73 Å². The zero-order valence-corrected chi connectivity index (χ0v) is 10.1.